The summed E-state index contributed by atoms with van der Waals surface area (Å²) < 4.78 is 0. The molecule has 0 saturated carbocycles. The Morgan fingerprint density at radius 3 is 2.56 bits per heavy atom. The van der Waals surface area contributed by atoms with Crippen molar-refractivity contribution in [2.24, 2.45) is 0 Å². The van der Waals surface area contributed by atoms with Crippen molar-refractivity contribution in [2.75, 3.05) is 31.1 Å². The molecule has 0 atom stereocenters. The minimum Gasteiger partial charge on any atom is -0.398 e. The molecule has 0 spiro atoms. The van der Waals surface area contributed by atoms with Crippen LogP contribution in [0, 0.1) is 6.92 Å². The third-order valence-electron chi connectivity index (χ3n) is 2.84. The van der Waals surface area contributed by atoms with Gasteiger partial charge >= 0.3 is 0 Å². The lowest BCUT2D eigenvalue weighted by Gasteiger charge is -2.17. The number of benzene rings is 1. The van der Waals surface area contributed by atoms with E-state index in [4.69, 9.17) is 5.73 Å². The van der Waals surface area contributed by atoms with E-state index in [-0.39, 0.29) is 0 Å². The molecule has 1 rings (SSSR count). The molecule has 0 amide bonds. The van der Waals surface area contributed by atoms with Gasteiger partial charge in [-0.1, -0.05) is 26.0 Å². The number of nitrogens with two attached hydrogens (primary N) is 1. The van der Waals surface area contributed by atoms with E-state index < -0.39 is 0 Å². The van der Waals surface area contributed by atoms with Crippen molar-refractivity contribution in [1.82, 2.24) is 4.90 Å². The molecule has 2 nitrogen and oxygen atoms in total. The second-order valence-electron chi connectivity index (χ2n) is 3.86. The molecule has 0 fully saturated rings. The molecule has 1 aromatic carbocycles. The SMILES string of the molecule is CCN(CC)CCSc1cccc(C)c1N. The van der Waals surface area contributed by atoms with Gasteiger partial charge in [-0.15, -0.1) is 11.8 Å². The lowest BCUT2D eigenvalue weighted by Crippen LogP contribution is -2.25. The van der Waals surface area contributed by atoms with Gasteiger partial charge in [0.05, 0.1) is 0 Å². The monoisotopic (exact) mass is 238 g/mol. The smallest absolute Gasteiger partial charge is 0.0481 e. The van der Waals surface area contributed by atoms with Crippen LogP contribution in [0.4, 0.5) is 5.69 Å². The molecule has 16 heavy (non-hydrogen) atoms. The van der Waals surface area contributed by atoms with Gasteiger partial charge in [0.15, 0.2) is 0 Å². The predicted molar refractivity (Wildman–Crippen MR) is 74.1 cm³/mol. The van der Waals surface area contributed by atoms with E-state index in [0.717, 1.165) is 31.1 Å². The summed E-state index contributed by atoms with van der Waals surface area (Å²) in [4.78, 5) is 3.64. The number of nitrogens with zero attached hydrogens (tertiary/aromatic N) is 1. The molecule has 2 N–H and O–H groups in total. The van der Waals surface area contributed by atoms with E-state index in [9.17, 15) is 0 Å². The normalized spacial score (nSPS) is 11.0. The number of hydrogen-bond donors (Lipinski definition) is 1. The summed E-state index contributed by atoms with van der Waals surface area (Å²) in [6.45, 7) is 9.85. The van der Waals surface area contributed by atoms with Gasteiger partial charge in [0.2, 0.25) is 0 Å². The van der Waals surface area contributed by atoms with Gasteiger partial charge in [-0.25, -0.2) is 0 Å². The van der Waals surface area contributed by atoms with Crippen molar-refractivity contribution in [2.45, 2.75) is 25.7 Å². The number of anilines is 1. The zero-order valence-corrected chi connectivity index (χ0v) is 11.3. The van der Waals surface area contributed by atoms with Crippen LogP contribution in [-0.4, -0.2) is 30.3 Å². The molecule has 0 heterocycles. The van der Waals surface area contributed by atoms with E-state index in [2.05, 4.69) is 43.9 Å². The fourth-order valence-electron chi connectivity index (χ4n) is 1.60. The molecule has 0 unspecified atom stereocenters. The molecule has 1 aromatic rings. The number of para-hydroxylation sites is 1. The van der Waals surface area contributed by atoms with E-state index in [1.807, 2.05) is 11.8 Å². The maximum atomic E-state index is 6.03. The quantitative estimate of drug-likeness (QED) is 0.610. The van der Waals surface area contributed by atoms with E-state index >= 15 is 0 Å². The third-order valence-corrected chi connectivity index (χ3v) is 3.90. The summed E-state index contributed by atoms with van der Waals surface area (Å²) in [6, 6.07) is 6.24. The molecular weight excluding hydrogens is 216 g/mol. The highest BCUT2D eigenvalue weighted by molar-refractivity contribution is 7.99. The topological polar surface area (TPSA) is 29.3 Å². The molecule has 0 radical (unpaired) electrons. The third kappa shape index (κ3) is 3.72. The maximum absolute atomic E-state index is 6.03. The second-order valence-corrected chi connectivity index (χ2v) is 5.00. The van der Waals surface area contributed by atoms with Crippen molar-refractivity contribution in [3.63, 3.8) is 0 Å². The molecule has 0 aliphatic rings. The number of nitrogen functional groups attached to an aromatic ring is 1. The molecular formula is C13H22N2S. The van der Waals surface area contributed by atoms with Crippen LogP contribution in [0.3, 0.4) is 0 Å². The molecule has 90 valence electrons. The Balaban J connectivity index is 2.46. The Labute approximate surface area is 103 Å². The number of rotatable bonds is 6. The second kappa shape index (κ2) is 6.81. The first-order valence-electron chi connectivity index (χ1n) is 5.89. The van der Waals surface area contributed by atoms with Crippen LogP contribution >= 0.6 is 11.8 Å². The molecule has 0 saturated heterocycles. The summed E-state index contributed by atoms with van der Waals surface area (Å²) >= 11 is 1.85. The molecule has 0 aliphatic carbocycles. The summed E-state index contributed by atoms with van der Waals surface area (Å²) in [5, 5.41) is 0. The van der Waals surface area contributed by atoms with Gasteiger partial charge in [-0.3, -0.25) is 0 Å². The minimum atomic E-state index is 0.937. The zero-order chi connectivity index (χ0) is 12.0. The van der Waals surface area contributed by atoms with Crippen LogP contribution in [0.15, 0.2) is 23.1 Å². The Kier molecular flexibility index (Phi) is 5.71. The van der Waals surface area contributed by atoms with E-state index in [0.29, 0.717) is 0 Å². The van der Waals surface area contributed by atoms with Crippen molar-refractivity contribution in [3.05, 3.63) is 23.8 Å². The van der Waals surface area contributed by atoms with Crippen molar-refractivity contribution in [1.29, 1.82) is 0 Å². The van der Waals surface area contributed by atoms with Gasteiger partial charge in [-0.05, 0) is 31.6 Å². The van der Waals surface area contributed by atoms with Crippen LogP contribution in [0.2, 0.25) is 0 Å². The first kappa shape index (κ1) is 13.4. The van der Waals surface area contributed by atoms with Crippen LogP contribution < -0.4 is 5.73 Å². The highest BCUT2D eigenvalue weighted by Crippen LogP contribution is 2.27. The predicted octanol–water partition coefficient (Wildman–Crippen LogP) is 3.01. The van der Waals surface area contributed by atoms with Gasteiger partial charge < -0.3 is 10.6 Å². The van der Waals surface area contributed by atoms with Gasteiger partial charge in [-0.2, -0.15) is 0 Å². The molecule has 3 heteroatoms. The minimum absolute atomic E-state index is 0.937. The highest BCUT2D eigenvalue weighted by Gasteiger charge is 2.03. The Morgan fingerprint density at radius 2 is 1.94 bits per heavy atom. The van der Waals surface area contributed by atoms with Crippen LogP contribution in [0.1, 0.15) is 19.4 Å². The Hall–Kier alpha value is -0.670. The first-order chi connectivity index (χ1) is 7.69. The van der Waals surface area contributed by atoms with Gasteiger partial charge in [0, 0.05) is 22.9 Å². The van der Waals surface area contributed by atoms with Crippen LogP contribution in [0.5, 0.6) is 0 Å². The van der Waals surface area contributed by atoms with Crippen molar-refractivity contribution >= 4 is 17.4 Å². The standard InChI is InChI=1S/C13H22N2S/c1-4-15(5-2)9-10-16-12-8-6-7-11(3)13(12)14/h6-8H,4-5,9-10,14H2,1-3H3. The summed E-state index contributed by atoms with van der Waals surface area (Å²) in [6.07, 6.45) is 0. The van der Waals surface area contributed by atoms with Crippen LogP contribution in [-0.2, 0) is 0 Å². The van der Waals surface area contributed by atoms with Crippen molar-refractivity contribution in [3.8, 4) is 0 Å². The molecule has 0 aromatic heterocycles. The van der Waals surface area contributed by atoms with Gasteiger partial charge in [0.1, 0.15) is 0 Å². The average molecular weight is 238 g/mol. The van der Waals surface area contributed by atoms with E-state index in [1.54, 1.807) is 0 Å². The maximum Gasteiger partial charge on any atom is 0.0481 e. The highest BCUT2D eigenvalue weighted by atomic mass is 32.2. The molecule has 0 aliphatic heterocycles. The summed E-state index contributed by atoms with van der Waals surface area (Å²) in [5.74, 6) is 1.11. The van der Waals surface area contributed by atoms with E-state index in [1.165, 1.54) is 10.5 Å². The largest absolute Gasteiger partial charge is 0.398 e. The Morgan fingerprint density at radius 1 is 1.25 bits per heavy atom. The zero-order valence-electron chi connectivity index (χ0n) is 10.5. The lowest BCUT2D eigenvalue weighted by molar-refractivity contribution is 0.324. The summed E-state index contributed by atoms with van der Waals surface area (Å²) in [7, 11) is 0. The Bertz CT molecular complexity index is 322. The summed E-state index contributed by atoms with van der Waals surface area (Å²) in [5.41, 5.74) is 8.14. The number of hydrogen-bond acceptors (Lipinski definition) is 3. The fraction of sp³-hybridized carbons (Fsp3) is 0.538. The average Bonchev–Trinajstić information content (AvgIpc) is 2.30. The number of aryl methyl sites for hydroxylation is 1. The first-order valence-corrected chi connectivity index (χ1v) is 6.87. The fourth-order valence-corrected chi connectivity index (χ4v) is 2.66. The van der Waals surface area contributed by atoms with Crippen molar-refractivity contribution < 1.29 is 0 Å². The van der Waals surface area contributed by atoms with Crippen LogP contribution in [0.25, 0.3) is 0 Å². The molecule has 0 bridgehead atoms. The lowest BCUT2D eigenvalue weighted by atomic mass is 10.2. The number of thioether (sulfide) groups is 1. The van der Waals surface area contributed by atoms with Gasteiger partial charge in [0.25, 0.3) is 0 Å².